The Morgan fingerprint density at radius 1 is 0.793 bits per heavy atom. The maximum Gasteiger partial charge on any atom is 0.230 e. The summed E-state index contributed by atoms with van der Waals surface area (Å²) in [5.41, 5.74) is 6.58. The highest BCUT2D eigenvalue weighted by Crippen LogP contribution is 2.31. The van der Waals surface area contributed by atoms with Crippen molar-refractivity contribution in [1.82, 2.24) is 10.9 Å². The number of nitrogens with zero attached hydrogens (tertiary/aromatic N) is 2. The normalized spacial score (nSPS) is 10.7. The molecule has 2 aromatic carbocycles. The van der Waals surface area contributed by atoms with E-state index in [-0.39, 0.29) is 18.4 Å². The molecule has 0 aliphatic carbocycles. The number of guanidine groups is 1. The molecule has 0 unspecified atom stereocenters. The van der Waals surface area contributed by atoms with E-state index in [4.69, 9.17) is 14.9 Å². The summed E-state index contributed by atoms with van der Waals surface area (Å²) in [4.78, 5) is 0. The highest BCUT2D eigenvalue weighted by atomic mass is 79.9. The molecule has 0 aliphatic heterocycles. The van der Waals surface area contributed by atoms with Crippen LogP contribution in [0.5, 0.6) is 11.5 Å². The lowest BCUT2D eigenvalue weighted by atomic mass is 10.2. The van der Waals surface area contributed by atoms with Gasteiger partial charge in [0.05, 0.1) is 26.6 Å². The van der Waals surface area contributed by atoms with Gasteiger partial charge in [0.15, 0.2) is 0 Å². The van der Waals surface area contributed by atoms with Crippen LogP contribution in [-0.4, -0.2) is 32.6 Å². The van der Waals surface area contributed by atoms with E-state index in [1.54, 1.807) is 26.6 Å². The molecule has 0 radical (unpaired) electrons. The molecule has 0 saturated carbocycles. The van der Waals surface area contributed by atoms with E-state index in [2.05, 4.69) is 84.8 Å². The van der Waals surface area contributed by atoms with Gasteiger partial charge in [-0.25, -0.2) is 10.9 Å². The fourth-order valence-corrected chi connectivity index (χ4v) is 3.37. The first kappa shape index (κ1) is 25.9. The Bertz CT molecular complexity index is 867. The minimum Gasteiger partial charge on any atom is -0.496 e. The Morgan fingerprint density at radius 3 is 1.48 bits per heavy atom. The summed E-state index contributed by atoms with van der Waals surface area (Å²) < 4.78 is 14.1. The molecule has 0 atom stereocenters. The Labute approximate surface area is 208 Å². The van der Waals surface area contributed by atoms with Crippen LogP contribution in [0.25, 0.3) is 0 Å². The van der Waals surface area contributed by atoms with Crippen molar-refractivity contribution < 1.29 is 9.47 Å². The minimum atomic E-state index is -0.0993. The molecular formula is C17H16Br4ClN5O2. The number of benzene rings is 2. The lowest BCUT2D eigenvalue weighted by Crippen LogP contribution is -2.29. The fraction of sp³-hybridized carbons (Fsp3) is 0.118. The van der Waals surface area contributed by atoms with Gasteiger partial charge < -0.3 is 9.47 Å². The molecule has 2 aromatic rings. The van der Waals surface area contributed by atoms with Gasteiger partial charge in [-0.05, 0) is 88.0 Å². The summed E-state index contributed by atoms with van der Waals surface area (Å²) in [6.07, 6.45) is 3.09. The van der Waals surface area contributed by atoms with Crippen LogP contribution in [0.3, 0.4) is 0 Å². The van der Waals surface area contributed by atoms with E-state index in [1.165, 1.54) is 0 Å². The van der Waals surface area contributed by atoms with Crippen LogP contribution in [0.15, 0.2) is 52.4 Å². The van der Waals surface area contributed by atoms with Gasteiger partial charge in [0.2, 0.25) is 5.96 Å². The quantitative estimate of drug-likeness (QED) is 0.209. The van der Waals surface area contributed by atoms with Crippen molar-refractivity contribution in [2.75, 3.05) is 14.2 Å². The number of ether oxygens (including phenoxy) is 2. The summed E-state index contributed by atoms with van der Waals surface area (Å²) in [7, 11) is 3.15. The average molecular weight is 677 g/mol. The number of hydrogen-bond donors (Lipinski definition) is 3. The zero-order valence-electron chi connectivity index (χ0n) is 15.1. The number of nitrogens with one attached hydrogen (secondary N) is 3. The molecule has 7 nitrogen and oxygen atoms in total. The molecule has 0 spiro atoms. The van der Waals surface area contributed by atoms with Gasteiger partial charge in [0.25, 0.3) is 0 Å². The second-order valence-electron chi connectivity index (χ2n) is 5.13. The van der Waals surface area contributed by atoms with Crippen molar-refractivity contribution in [2.24, 2.45) is 10.2 Å². The van der Waals surface area contributed by atoms with E-state index in [0.29, 0.717) is 11.5 Å². The lowest BCUT2D eigenvalue weighted by Gasteiger charge is -2.08. The first-order valence-electron chi connectivity index (χ1n) is 7.58. The maximum absolute atomic E-state index is 7.82. The van der Waals surface area contributed by atoms with Gasteiger partial charge in [-0.3, -0.25) is 5.41 Å². The maximum atomic E-state index is 7.82. The van der Waals surface area contributed by atoms with Gasteiger partial charge >= 0.3 is 0 Å². The SMILES string of the molecule is COc1cc(Br)c(Br)cc1/C=N/NC(=N)N/N=C/c1cc(Br)c(Br)cc1OC.Cl. The van der Waals surface area contributed by atoms with E-state index in [0.717, 1.165) is 29.0 Å². The molecule has 0 amide bonds. The van der Waals surface area contributed by atoms with Crippen LogP contribution in [-0.2, 0) is 0 Å². The molecule has 2 rings (SSSR count). The Hall–Kier alpha value is -1.14. The number of hydrazone groups is 2. The molecule has 0 heterocycles. The largest absolute Gasteiger partial charge is 0.496 e. The van der Waals surface area contributed by atoms with Crippen molar-refractivity contribution >= 4 is 94.5 Å². The minimum absolute atomic E-state index is 0. The number of halogens is 5. The summed E-state index contributed by atoms with van der Waals surface area (Å²) in [6, 6.07) is 7.34. The monoisotopic (exact) mass is 673 g/mol. The van der Waals surface area contributed by atoms with Gasteiger partial charge in [-0.15, -0.1) is 12.4 Å². The highest BCUT2D eigenvalue weighted by molar-refractivity contribution is 9.13. The fourth-order valence-electron chi connectivity index (χ4n) is 2.00. The number of hydrogen-bond acceptors (Lipinski definition) is 5. The van der Waals surface area contributed by atoms with Crippen molar-refractivity contribution in [1.29, 1.82) is 5.41 Å². The second-order valence-corrected chi connectivity index (χ2v) is 8.55. The van der Waals surface area contributed by atoms with E-state index in [9.17, 15) is 0 Å². The zero-order valence-corrected chi connectivity index (χ0v) is 22.3. The second kappa shape index (κ2) is 12.5. The average Bonchev–Trinajstić information content (AvgIpc) is 2.66. The molecule has 12 heteroatoms. The summed E-state index contributed by atoms with van der Waals surface area (Å²) in [6.45, 7) is 0. The molecule has 0 bridgehead atoms. The van der Waals surface area contributed by atoms with Crippen LogP contribution < -0.4 is 20.3 Å². The molecule has 0 aromatic heterocycles. The molecule has 0 aliphatic rings. The first-order chi connectivity index (χ1) is 13.3. The smallest absolute Gasteiger partial charge is 0.230 e. The van der Waals surface area contributed by atoms with Gasteiger partial charge in [-0.1, -0.05) is 0 Å². The van der Waals surface area contributed by atoms with Crippen molar-refractivity contribution in [3.8, 4) is 11.5 Å². The third-order valence-corrected chi connectivity index (χ3v) is 6.99. The van der Waals surface area contributed by atoms with Crippen molar-refractivity contribution in [3.63, 3.8) is 0 Å². The third-order valence-electron chi connectivity index (χ3n) is 3.31. The third kappa shape index (κ3) is 7.56. The van der Waals surface area contributed by atoms with Crippen LogP contribution in [0.2, 0.25) is 0 Å². The first-order valence-corrected chi connectivity index (χ1v) is 10.8. The molecule has 3 N–H and O–H groups in total. The van der Waals surface area contributed by atoms with Crippen LogP contribution >= 0.6 is 76.1 Å². The molecule has 0 fully saturated rings. The topological polar surface area (TPSA) is 91.1 Å². The Kier molecular flexibility index (Phi) is 11.2. The van der Waals surface area contributed by atoms with Gasteiger partial charge in [0.1, 0.15) is 11.5 Å². The lowest BCUT2D eigenvalue weighted by molar-refractivity contribution is 0.413. The van der Waals surface area contributed by atoms with Crippen LogP contribution in [0.4, 0.5) is 0 Å². The summed E-state index contributed by atoms with van der Waals surface area (Å²) >= 11 is 13.7. The highest BCUT2D eigenvalue weighted by Gasteiger charge is 2.07. The molecule has 29 heavy (non-hydrogen) atoms. The van der Waals surface area contributed by atoms with Gasteiger partial charge in [0, 0.05) is 29.0 Å². The molecule has 0 saturated heterocycles. The summed E-state index contributed by atoms with van der Waals surface area (Å²) in [5.74, 6) is 1.19. The predicted molar refractivity (Wildman–Crippen MR) is 133 cm³/mol. The molecule has 156 valence electrons. The Balaban J connectivity index is 0.00000420. The standard InChI is InChI=1S/C17H15Br4N5O2.ClH/c1-27-15-5-13(20)11(18)3-9(15)7-23-25-17(22)26-24-8-10-4-12(19)14(21)6-16(10)28-2;/h3-8H,1-2H3,(H3,22,25,26);1H/b23-7+,24-8+;. The van der Waals surface area contributed by atoms with Crippen LogP contribution in [0, 0.1) is 5.41 Å². The summed E-state index contributed by atoms with van der Waals surface area (Å²) in [5, 5.41) is 15.9. The molecular weight excluding hydrogens is 661 g/mol. The Morgan fingerprint density at radius 2 is 1.14 bits per heavy atom. The number of methoxy groups -OCH3 is 2. The van der Waals surface area contributed by atoms with Crippen LogP contribution in [0.1, 0.15) is 11.1 Å². The van der Waals surface area contributed by atoms with E-state index < -0.39 is 0 Å². The van der Waals surface area contributed by atoms with Crippen molar-refractivity contribution in [2.45, 2.75) is 0 Å². The number of rotatable bonds is 6. The zero-order chi connectivity index (χ0) is 20.7. The predicted octanol–water partition coefficient (Wildman–Crippen LogP) is 5.66. The van der Waals surface area contributed by atoms with Crippen molar-refractivity contribution in [3.05, 3.63) is 53.3 Å². The van der Waals surface area contributed by atoms with Gasteiger partial charge in [-0.2, -0.15) is 10.2 Å². The van der Waals surface area contributed by atoms with E-state index in [1.807, 2.05) is 24.3 Å². The van der Waals surface area contributed by atoms with E-state index >= 15 is 0 Å².